The van der Waals surface area contributed by atoms with Gasteiger partial charge in [-0.15, -0.1) is 11.8 Å². The molecule has 0 aliphatic carbocycles. The number of alkyl halides is 3. The van der Waals surface area contributed by atoms with Crippen molar-refractivity contribution >= 4 is 28.6 Å². The third kappa shape index (κ3) is 3.37. The predicted molar refractivity (Wildman–Crippen MR) is 91.9 cm³/mol. The fourth-order valence-corrected chi connectivity index (χ4v) is 3.26. The summed E-state index contributed by atoms with van der Waals surface area (Å²) in [6.45, 7) is 0. The van der Waals surface area contributed by atoms with Crippen LogP contribution in [0.4, 0.5) is 13.2 Å². The molecule has 7 heteroatoms. The third-order valence-electron chi connectivity index (χ3n) is 3.95. The molecule has 1 aromatic heterocycles. The van der Waals surface area contributed by atoms with Gasteiger partial charge in [0.05, 0.1) is 23.2 Å². The Labute approximate surface area is 145 Å². The minimum atomic E-state index is -4.52. The van der Waals surface area contributed by atoms with Crippen molar-refractivity contribution in [3.8, 4) is 11.3 Å². The van der Waals surface area contributed by atoms with E-state index < -0.39 is 17.7 Å². The highest BCUT2D eigenvalue weighted by Crippen LogP contribution is 2.39. The van der Waals surface area contributed by atoms with Crippen molar-refractivity contribution in [3.05, 3.63) is 53.6 Å². The first kappa shape index (κ1) is 17.4. The standard InChI is InChI=1S/C18H14F3NO2S/c1-25-11-7-5-10(6-8-11)16-13(9-15(23)24)12-3-2-4-14(17(12)22-16)18(19,20)21/h2-8,22H,9H2,1H3,(H,23,24). The second kappa shape index (κ2) is 6.48. The van der Waals surface area contributed by atoms with Crippen LogP contribution in [0.1, 0.15) is 11.1 Å². The molecule has 0 amide bonds. The van der Waals surface area contributed by atoms with Crippen molar-refractivity contribution in [2.75, 3.05) is 6.26 Å². The molecule has 25 heavy (non-hydrogen) atoms. The molecule has 2 aromatic carbocycles. The van der Waals surface area contributed by atoms with Crippen LogP contribution < -0.4 is 0 Å². The van der Waals surface area contributed by atoms with Crippen LogP contribution in [0.25, 0.3) is 22.2 Å². The maximum absolute atomic E-state index is 13.3. The zero-order valence-electron chi connectivity index (χ0n) is 13.1. The molecule has 3 aromatic rings. The molecule has 0 saturated carbocycles. The fraction of sp³-hybridized carbons (Fsp3) is 0.167. The lowest BCUT2D eigenvalue weighted by Crippen LogP contribution is -2.05. The first-order valence-corrected chi connectivity index (χ1v) is 8.60. The number of benzene rings is 2. The van der Waals surface area contributed by atoms with Crippen molar-refractivity contribution in [2.24, 2.45) is 0 Å². The van der Waals surface area contributed by atoms with Crippen LogP contribution in [0.15, 0.2) is 47.4 Å². The maximum atomic E-state index is 13.3. The smallest absolute Gasteiger partial charge is 0.418 e. The Morgan fingerprint density at radius 1 is 1.16 bits per heavy atom. The molecule has 3 nitrogen and oxygen atoms in total. The molecule has 0 unspecified atom stereocenters. The number of aromatic amines is 1. The molecule has 1 heterocycles. The van der Waals surface area contributed by atoms with E-state index in [2.05, 4.69) is 4.98 Å². The van der Waals surface area contributed by atoms with Gasteiger partial charge in [-0.25, -0.2) is 0 Å². The molecule has 0 radical (unpaired) electrons. The average Bonchev–Trinajstić information content (AvgIpc) is 2.92. The second-order valence-electron chi connectivity index (χ2n) is 5.50. The number of thioether (sulfide) groups is 1. The lowest BCUT2D eigenvalue weighted by Gasteiger charge is -2.07. The van der Waals surface area contributed by atoms with Gasteiger partial charge in [-0.3, -0.25) is 4.79 Å². The van der Waals surface area contributed by atoms with Gasteiger partial charge in [0.15, 0.2) is 0 Å². The zero-order chi connectivity index (χ0) is 18.2. The van der Waals surface area contributed by atoms with E-state index in [0.717, 1.165) is 11.0 Å². The highest BCUT2D eigenvalue weighted by atomic mass is 32.2. The van der Waals surface area contributed by atoms with E-state index in [1.807, 2.05) is 18.4 Å². The summed E-state index contributed by atoms with van der Waals surface area (Å²) in [6.07, 6.45) is -2.96. The van der Waals surface area contributed by atoms with E-state index >= 15 is 0 Å². The van der Waals surface area contributed by atoms with E-state index in [4.69, 9.17) is 0 Å². The van der Waals surface area contributed by atoms with E-state index in [9.17, 15) is 23.1 Å². The molecule has 130 valence electrons. The predicted octanol–water partition coefficient (Wildman–Crippen LogP) is 5.20. The van der Waals surface area contributed by atoms with E-state index in [0.29, 0.717) is 16.8 Å². The highest BCUT2D eigenvalue weighted by Gasteiger charge is 2.34. The number of aliphatic carboxylic acids is 1. The normalized spacial score (nSPS) is 11.8. The van der Waals surface area contributed by atoms with Crippen molar-refractivity contribution in [2.45, 2.75) is 17.5 Å². The monoisotopic (exact) mass is 365 g/mol. The fourth-order valence-electron chi connectivity index (χ4n) is 2.85. The molecule has 0 atom stereocenters. The van der Waals surface area contributed by atoms with E-state index in [-0.39, 0.29) is 17.3 Å². The molecule has 0 aliphatic rings. The van der Waals surface area contributed by atoms with Gasteiger partial charge < -0.3 is 10.1 Å². The Morgan fingerprint density at radius 2 is 1.84 bits per heavy atom. The summed E-state index contributed by atoms with van der Waals surface area (Å²) in [7, 11) is 0. The van der Waals surface area contributed by atoms with Gasteiger partial charge in [-0.1, -0.05) is 24.3 Å². The van der Waals surface area contributed by atoms with E-state index in [1.165, 1.54) is 12.1 Å². The number of rotatable bonds is 4. The minimum absolute atomic E-state index is 0.0878. The summed E-state index contributed by atoms with van der Waals surface area (Å²) >= 11 is 1.55. The number of nitrogens with one attached hydrogen (secondary N) is 1. The van der Waals surface area contributed by atoms with Crippen molar-refractivity contribution in [1.29, 1.82) is 0 Å². The van der Waals surface area contributed by atoms with Gasteiger partial charge in [-0.2, -0.15) is 13.2 Å². The Hall–Kier alpha value is -2.41. The Bertz CT molecular complexity index is 930. The van der Waals surface area contributed by atoms with Crippen molar-refractivity contribution in [1.82, 2.24) is 4.98 Å². The number of carboxylic acid groups (broad SMARTS) is 1. The van der Waals surface area contributed by atoms with Gasteiger partial charge >= 0.3 is 12.1 Å². The number of carboxylic acids is 1. The Morgan fingerprint density at radius 3 is 2.40 bits per heavy atom. The second-order valence-corrected chi connectivity index (χ2v) is 6.38. The van der Waals surface area contributed by atoms with Gasteiger partial charge in [-0.05, 0) is 35.6 Å². The number of carbonyl (C=O) groups is 1. The topological polar surface area (TPSA) is 53.1 Å². The number of halogens is 3. The number of hydrogen-bond acceptors (Lipinski definition) is 2. The number of H-pyrrole nitrogens is 1. The number of aromatic nitrogens is 1. The first-order valence-electron chi connectivity index (χ1n) is 7.38. The van der Waals surface area contributed by atoms with E-state index in [1.54, 1.807) is 23.9 Å². The van der Waals surface area contributed by atoms with Crippen LogP contribution in [0.2, 0.25) is 0 Å². The third-order valence-corrected chi connectivity index (χ3v) is 4.70. The minimum Gasteiger partial charge on any atom is -0.481 e. The number of fused-ring (bicyclic) bond motifs is 1. The van der Waals surface area contributed by atoms with Crippen LogP contribution in [0, 0.1) is 0 Å². The first-order chi connectivity index (χ1) is 11.8. The lowest BCUT2D eigenvalue weighted by molar-refractivity contribution is -0.137. The maximum Gasteiger partial charge on any atom is 0.418 e. The summed E-state index contributed by atoms with van der Waals surface area (Å²) < 4.78 is 39.9. The summed E-state index contributed by atoms with van der Waals surface area (Å²) in [5.74, 6) is -1.10. The summed E-state index contributed by atoms with van der Waals surface area (Å²) in [6, 6.07) is 11.0. The van der Waals surface area contributed by atoms with Crippen molar-refractivity contribution < 1.29 is 23.1 Å². The molecule has 3 rings (SSSR count). The molecular formula is C18H14F3NO2S. The summed E-state index contributed by atoms with van der Waals surface area (Å²) in [5.41, 5.74) is 0.518. The lowest BCUT2D eigenvalue weighted by atomic mass is 10.0. The van der Waals surface area contributed by atoms with Crippen LogP contribution >= 0.6 is 11.8 Å². The summed E-state index contributed by atoms with van der Waals surface area (Å²) in [4.78, 5) is 15.1. The molecule has 0 aliphatic heterocycles. The molecule has 0 spiro atoms. The molecule has 0 bridgehead atoms. The number of hydrogen-bond donors (Lipinski definition) is 2. The molecule has 0 fully saturated rings. The molecule has 2 N–H and O–H groups in total. The Kier molecular flexibility index (Phi) is 4.51. The van der Waals surface area contributed by atoms with Crippen LogP contribution in [-0.2, 0) is 17.4 Å². The van der Waals surface area contributed by atoms with Crippen LogP contribution in [-0.4, -0.2) is 22.3 Å². The van der Waals surface area contributed by atoms with Gasteiger partial charge in [0.25, 0.3) is 0 Å². The quantitative estimate of drug-likeness (QED) is 0.625. The Balaban J connectivity index is 2.27. The van der Waals surface area contributed by atoms with Crippen LogP contribution in [0.3, 0.4) is 0 Å². The highest BCUT2D eigenvalue weighted by molar-refractivity contribution is 7.98. The largest absolute Gasteiger partial charge is 0.481 e. The number of para-hydroxylation sites is 1. The van der Waals surface area contributed by atoms with Gasteiger partial charge in [0.1, 0.15) is 0 Å². The zero-order valence-corrected chi connectivity index (χ0v) is 14.0. The SMILES string of the molecule is CSc1ccc(-c2[nH]c3c(C(F)(F)F)cccc3c2CC(=O)O)cc1. The summed E-state index contributed by atoms with van der Waals surface area (Å²) in [5, 5.41) is 9.47. The van der Waals surface area contributed by atoms with Crippen molar-refractivity contribution in [3.63, 3.8) is 0 Å². The van der Waals surface area contributed by atoms with Crippen LogP contribution in [0.5, 0.6) is 0 Å². The van der Waals surface area contributed by atoms with Gasteiger partial charge in [0.2, 0.25) is 0 Å². The average molecular weight is 365 g/mol. The molecular weight excluding hydrogens is 351 g/mol. The molecule has 0 saturated heterocycles. The van der Waals surface area contributed by atoms with Gasteiger partial charge in [0, 0.05) is 10.3 Å².